The van der Waals surface area contributed by atoms with Gasteiger partial charge in [-0.25, -0.2) is 17.8 Å². The molecular weight excluding hydrogens is 467 g/mol. The standard InChI is InChI=1S/C22H26ClFN6O2S/c1-30(2)11-5-10-25-21-18(15-6-4-7-17(12-15)29-33(3,31)32)14-26-22(28-21)27-16-8-9-20(24)19(23)13-16/h4,6-9,12-14,29H,5,10-11H2,1-3H3,(H2,25,26,27,28). The van der Waals surface area contributed by atoms with Crippen LogP contribution >= 0.6 is 11.6 Å². The molecule has 11 heteroatoms. The van der Waals surface area contributed by atoms with Crippen molar-refractivity contribution in [1.82, 2.24) is 14.9 Å². The van der Waals surface area contributed by atoms with Crippen LogP contribution in [0.2, 0.25) is 5.02 Å². The summed E-state index contributed by atoms with van der Waals surface area (Å²) in [7, 11) is 0.603. The zero-order valence-electron chi connectivity index (χ0n) is 18.6. The van der Waals surface area contributed by atoms with Crippen LogP contribution in [0.5, 0.6) is 0 Å². The van der Waals surface area contributed by atoms with Gasteiger partial charge in [0.05, 0.1) is 11.3 Å². The Balaban J connectivity index is 1.91. The van der Waals surface area contributed by atoms with Gasteiger partial charge in [0, 0.05) is 29.7 Å². The van der Waals surface area contributed by atoms with E-state index in [1.54, 1.807) is 30.5 Å². The van der Waals surface area contributed by atoms with Crippen molar-refractivity contribution in [2.24, 2.45) is 0 Å². The molecular formula is C22H26ClFN6O2S. The molecule has 2 aromatic carbocycles. The number of hydrogen-bond donors (Lipinski definition) is 3. The number of nitrogens with one attached hydrogen (secondary N) is 3. The van der Waals surface area contributed by atoms with Crippen molar-refractivity contribution in [3.63, 3.8) is 0 Å². The summed E-state index contributed by atoms with van der Waals surface area (Å²) in [5, 5.41) is 6.36. The smallest absolute Gasteiger partial charge is 0.229 e. The number of benzene rings is 2. The molecule has 0 fully saturated rings. The molecule has 0 saturated carbocycles. The lowest BCUT2D eigenvalue weighted by Crippen LogP contribution is -2.17. The van der Waals surface area contributed by atoms with E-state index in [1.807, 2.05) is 20.2 Å². The molecule has 1 heterocycles. The third-order valence-electron chi connectivity index (χ3n) is 4.52. The average Bonchev–Trinajstić information content (AvgIpc) is 2.73. The summed E-state index contributed by atoms with van der Waals surface area (Å²) in [6.45, 7) is 1.58. The van der Waals surface area contributed by atoms with Crippen molar-refractivity contribution in [1.29, 1.82) is 0 Å². The van der Waals surface area contributed by atoms with Crippen molar-refractivity contribution >= 4 is 44.8 Å². The minimum absolute atomic E-state index is 0.00570. The number of hydrogen-bond acceptors (Lipinski definition) is 7. The third kappa shape index (κ3) is 7.55. The Kier molecular flexibility index (Phi) is 8.06. The zero-order valence-corrected chi connectivity index (χ0v) is 20.1. The molecule has 0 saturated heterocycles. The van der Waals surface area contributed by atoms with Gasteiger partial charge >= 0.3 is 0 Å². The Hall–Kier alpha value is -2.95. The molecule has 3 rings (SSSR count). The maximum atomic E-state index is 13.5. The summed E-state index contributed by atoms with van der Waals surface area (Å²) < 4.78 is 39.2. The van der Waals surface area contributed by atoms with Crippen molar-refractivity contribution < 1.29 is 12.8 Å². The second kappa shape index (κ2) is 10.8. The lowest BCUT2D eigenvalue weighted by Gasteiger charge is -2.15. The first-order valence-electron chi connectivity index (χ1n) is 10.2. The molecule has 0 radical (unpaired) electrons. The quantitative estimate of drug-likeness (QED) is 0.360. The van der Waals surface area contributed by atoms with E-state index in [1.165, 1.54) is 12.1 Å². The summed E-state index contributed by atoms with van der Waals surface area (Å²) in [6, 6.07) is 11.3. The molecule has 0 bridgehead atoms. The van der Waals surface area contributed by atoms with E-state index in [-0.39, 0.29) is 5.02 Å². The van der Waals surface area contributed by atoms with E-state index in [9.17, 15) is 12.8 Å². The molecule has 0 aliphatic rings. The highest BCUT2D eigenvalue weighted by atomic mass is 35.5. The second-order valence-electron chi connectivity index (χ2n) is 7.75. The topological polar surface area (TPSA) is 99.2 Å². The Labute approximate surface area is 198 Å². The molecule has 0 unspecified atom stereocenters. The van der Waals surface area contributed by atoms with Gasteiger partial charge in [0.1, 0.15) is 11.6 Å². The fraction of sp³-hybridized carbons (Fsp3) is 0.273. The van der Waals surface area contributed by atoms with Crippen LogP contribution in [0.1, 0.15) is 6.42 Å². The van der Waals surface area contributed by atoms with E-state index in [0.29, 0.717) is 35.2 Å². The first kappa shape index (κ1) is 24.7. The van der Waals surface area contributed by atoms with Gasteiger partial charge in [-0.05, 0) is 63.0 Å². The molecule has 3 aromatic rings. The molecule has 0 aliphatic heterocycles. The number of anilines is 4. The van der Waals surface area contributed by atoms with Crippen molar-refractivity contribution in [3.05, 3.63) is 59.5 Å². The average molecular weight is 493 g/mol. The molecule has 3 N–H and O–H groups in total. The Morgan fingerprint density at radius 3 is 2.61 bits per heavy atom. The molecule has 0 atom stereocenters. The minimum atomic E-state index is -3.41. The number of aromatic nitrogens is 2. The van der Waals surface area contributed by atoms with Crippen LogP contribution in [0.4, 0.5) is 27.5 Å². The van der Waals surface area contributed by atoms with Crippen LogP contribution in [0.3, 0.4) is 0 Å². The highest BCUT2D eigenvalue weighted by molar-refractivity contribution is 7.92. The summed E-state index contributed by atoms with van der Waals surface area (Å²) >= 11 is 5.87. The van der Waals surface area contributed by atoms with Gasteiger partial charge in [0.25, 0.3) is 0 Å². The summed E-state index contributed by atoms with van der Waals surface area (Å²) in [6.07, 6.45) is 3.64. The van der Waals surface area contributed by atoms with Gasteiger partial charge in [-0.2, -0.15) is 4.98 Å². The summed E-state index contributed by atoms with van der Waals surface area (Å²) in [5.41, 5.74) is 2.44. The van der Waals surface area contributed by atoms with Crippen molar-refractivity contribution in [3.8, 4) is 11.1 Å². The van der Waals surface area contributed by atoms with Gasteiger partial charge in [0.2, 0.25) is 16.0 Å². The van der Waals surface area contributed by atoms with E-state index in [0.717, 1.165) is 24.8 Å². The maximum absolute atomic E-state index is 13.5. The molecule has 0 amide bonds. The third-order valence-corrected chi connectivity index (χ3v) is 5.41. The highest BCUT2D eigenvalue weighted by Gasteiger charge is 2.12. The number of rotatable bonds is 10. The van der Waals surface area contributed by atoms with Crippen LogP contribution in [0.15, 0.2) is 48.7 Å². The van der Waals surface area contributed by atoms with Crippen LogP contribution in [0.25, 0.3) is 11.1 Å². The van der Waals surface area contributed by atoms with Gasteiger partial charge < -0.3 is 15.5 Å². The van der Waals surface area contributed by atoms with Crippen LogP contribution in [-0.2, 0) is 10.0 Å². The largest absolute Gasteiger partial charge is 0.369 e. The Morgan fingerprint density at radius 1 is 1.12 bits per heavy atom. The predicted octanol–water partition coefficient (Wildman–Crippen LogP) is 4.41. The SMILES string of the molecule is CN(C)CCCNc1nc(Nc2ccc(F)c(Cl)c2)ncc1-c1cccc(NS(C)(=O)=O)c1. The maximum Gasteiger partial charge on any atom is 0.229 e. The van der Waals surface area contributed by atoms with Gasteiger partial charge in [-0.15, -0.1) is 0 Å². The van der Waals surface area contributed by atoms with E-state index >= 15 is 0 Å². The van der Waals surface area contributed by atoms with Gasteiger partial charge in [-0.3, -0.25) is 4.72 Å². The summed E-state index contributed by atoms with van der Waals surface area (Å²) in [4.78, 5) is 11.1. The zero-order chi connectivity index (χ0) is 24.0. The number of halogens is 2. The molecule has 33 heavy (non-hydrogen) atoms. The molecule has 0 spiro atoms. The molecule has 8 nitrogen and oxygen atoms in total. The Bertz CT molecular complexity index is 1220. The molecule has 1 aromatic heterocycles. The normalized spacial score (nSPS) is 11.5. The lowest BCUT2D eigenvalue weighted by atomic mass is 10.1. The van der Waals surface area contributed by atoms with Gasteiger partial charge in [-0.1, -0.05) is 23.7 Å². The van der Waals surface area contributed by atoms with E-state index < -0.39 is 15.8 Å². The van der Waals surface area contributed by atoms with Crippen LogP contribution in [-0.4, -0.2) is 56.7 Å². The van der Waals surface area contributed by atoms with Gasteiger partial charge in [0.15, 0.2) is 0 Å². The number of sulfonamides is 1. The minimum Gasteiger partial charge on any atom is -0.369 e. The number of nitrogens with zero attached hydrogens (tertiary/aromatic N) is 3. The first-order chi connectivity index (χ1) is 15.6. The fourth-order valence-corrected chi connectivity index (χ4v) is 3.79. The monoisotopic (exact) mass is 492 g/mol. The van der Waals surface area contributed by atoms with Crippen LogP contribution in [0, 0.1) is 5.82 Å². The van der Waals surface area contributed by atoms with Crippen LogP contribution < -0.4 is 15.4 Å². The summed E-state index contributed by atoms with van der Waals surface area (Å²) in [5.74, 6) is 0.377. The molecule has 0 aliphatic carbocycles. The molecule has 176 valence electrons. The predicted molar refractivity (Wildman–Crippen MR) is 132 cm³/mol. The first-order valence-corrected chi connectivity index (χ1v) is 12.4. The lowest BCUT2D eigenvalue weighted by molar-refractivity contribution is 0.405. The van der Waals surface area contributed by atoms with Crippen molar-refractivity contribution in [2.45, 2.75) is 6.42 Å². The second-order valence-corrected chi connectivity index (χ2v) is 9.90. The fourth-order valence-electron chi connectivity index (χ4n) is 3.06. The highest BCUT2D eigenvalue weighted by Crippen LogP contribution is 2.30. The Morgan fingerprint density at radius 2 is 1.91 bits per heavy atom. The van der Waals surface area contributed by atoms with E-state index in [2.05, 4.69) is 30.2 Å². The van der Waals surface area contributed by atoms with E-state index in [4.69, 9.17) is 11.6 Å². The van der Waals surface area contributed by atoms with Crippen molar-refractivity contribution in [2.75, 3.05) is 48.8 Å².